The molecule has 0 spiro atoms. The molecule has 0 saturated heterocycles. The van der Waals surface area contributed by atoms with E-state index in [0.717, 1.165) is 22.1 Å². The number of fused-ring (bicyclic) bond motifs is 1. The smallest absolute Gasteiger partial charge is 0.256 e. The summed E-state index contributed by atoms with van der Waals surface area (Å²) in [6.07, 6.45) is 0. The maximum atomic E-state index is 12.5. The van der Waals surface area contributed by atoms with Crippen molar-refractivity contribution >= 4 is 29.0 Å². The van der Waals surface area contributed by atoms with Crippen molar-refractivity contribution in [2.45, 2.75) is 17.7 Å². The molecule has 4 heteroatoms. The van der Waals surface area contributed by atoms with Crippen LogP contribution >= 0.6 is 23.1 Å². The number of carbonyl (C=O) groups excluding carboxylic acids is 1. The Bertz CT molecular complexity index is 606. The molecule has 0 aliphatic carbocycles. The first-order valence-electron chi connectivity index (χ1n) is 6.29. The van der Waals surface area contributed by atoms with Crippen LogP contribution in [0.25, 0.3) is 0 Å². The van der Waals surface area contributed by atoms with E-state index in [4.69, 9.17) is 0 Å². The number of thiophene rings is 1. The van der Waals surface area contributed by atoms with Crippen LogP contribution in [0.2, 0.25) is 0 Å². The van der Waals surface area contributed by atoms with E-state index in [0.29, 0.717) is 6.54 Å². The van der Waals surface area contributed by atoms with Gasteiger partial charge in [-0.15, -0.1) is 23.1 Å². The molecular weight excluding hydrogens is 274 g/mol. The van der Waals surface area contributed by atoms with Gasteiger partial charge >= 0.3 is 0 Å². The summed E-state index contributed by atoms with van der Waals surface area (Å²) in [5, 5.41) is 2.01. The highest BCUT2D eigenvalue weighted by molar-refractivity contribution is 8.01. The van der Waals surface area contributed by atoms with E-state index in [1.165, 1.54) is 11.1 Å². The van der Waals surface area contributed by atoms with Gasteiger partial charge in [-0.2, -0.15) is 0 Å². The van der Waals surface area contributed by atoms with Crippen LogP contribution in [0, 0.1) is 6.92 Å². The fourth-order valence-corrected chi connectivity index (χ4v) is 4.37. The van der Waals surface area contributed by atoms with Crippen molar-refractivity contribution in [1.29, 1.82) is 0 Å². The molecule has 1 amide bonds. The molecule has 0 bridgehead atoms. The minimum absolute atomic E-state index is 0.169. The molecule has 1 aliphatic rings. The molecule has 2 aromatic rings. The van der Waals surface area contributed by atoms with Gasteiger partial charge in [0.25, 0.3) is 5.91 Å². The first kappa shape index (κ1) is 12.8. The van der Waals surface area contributed by atoms with Gasteiger partial charge < -0.3 is 4.90 Å². The standard InChI is InChI=1S/C15H15NOS2/c1-11-3-2-4-12(9-11)10-16-6-8-19-15-13(14(16)17)5-7-18-15/h2-5,7,9H,6,8,10H2,1H3. The molecule has 1 aliphatic heterocycles. The lowest BCUT2D eigenvalue weighted by atomic mass is 10.1. The van der Waals surface area contributed by atoms with Gasteiger partial charge in [0.05, 0.1) is 9.77 Å². The number of nitrogens with zero attached hydrogens (tertiary/aromatic N) is 1. The molecule has 0 fully saturated rings. The summed E-state index contributed by atoms with van der Waals surface area (Å²) in [5.41, 5.74) is 3.32. The van der Waals surface area contributed by atoms with Gasteiger partial charge in [-0.3, -0.25) is 4.79 Å². The molecular formula is C15H15NOS2. The third kappa shape index (κ3) is 2.69. The summed E-state index contributed by atoms with van der Waals surface area (Å²) in [6, 6.07) is 10.3. The minimum atomic E-state index is 0.169. The Hall–Kier alpha value is -1.26. The minimum Gasteiger partial charge on any atom is -0.333 e. The molecule has 0 saturated carbocycles. The van der Waals surface area contributed by atoms with Gasteiger partial charge in [0.2, 0.25) is 0 Å². The van der Waals surface area contributed by atoms with E-state index in [2.05, 4.69) is 31.2 Å². The molecule has 2 nitrogen and oxygen atoms in total. The second kappa shape index (κ2) is 5.39. The van der Waals surface area contributed by atoms with Crippen molar-refractivity contribution < 1.29 is 4.79 Å². The molecule has 0 N–H and O–H groups in total. The summed E-state index contributed by atoms with van der Waals surface area (Å²) in [5.74, 6) is 1.15. The molecule has 0 radical (unpaired) electrons. The van der Waals surface area contributed by atoms with Gasteiger partial charge in [0.15, 0.2) is 0 Å². The summed E-state index contributed by atoms with van der Waals surface area (Å²) < 4.78 is 1.16. The maximum Gasteiger partial charge on any atom is 0.256 e. The highest BCUT2D eigenvalue weighted by Gasteiger charge is 2.23. The number of aryl methyl sites for hydroxylation is 1. The van der Waals surface area contributed by atoms with Crippen LogP contribution in [0.15, 0.2) is 39.9 Å². The monoisotopic (exact) mass is 289 g/mol. The van der Waals surface area contributed by atoms with Crippen LogP contribution in [-0.2, 0) is 6.54 Å². The van der Waals surface area contributed by atoms with Crippen molar-refractivity contribution in [2.24, 2.45) is 0 Å². The van der Waals surface area contributed by atoms with Crippen molar-refractivity contribution in [1.82, 2.24) is 4.90 Å². The number of rotatable bonds is 2. The van der Waals surface area contributed by atoms with E-state index in [1.54, 1.807) is 23.1 Å². The third-order valence-corrected chi connectivity index (χ3v) is 5.41. The van der Waals surface area contributed by atoms with E-state index in [-0.39, 0.29) is 5.91 Å². The van der Waals surface area contributed by atoms with Crippen molar-refractivity contribution in [2.75, 3.05) is 12.3 Å². The largest absolute Gasteiger partial charge is 0.333 e. The number of benzene rings is 1. The maximum absolute atomic E-state index is 12.5. The quantitative estimate of drug-likeness (QED) is 0.838. The van der Waals surface area contributed by atoms with Crippen LogP contribution in [0.5, 0.6) is 0 Å². The van der Waals surface area contributed by atoms with Gasteiger partial charge in [-0.05, 0) is 23.9 Å². The Morgan fingerprint density at radius 3 is 3.05 bits per heavy atom. The summed E-state index contributed by atoms with van der Waals surface area (Å²) in [4.78, 5) is 14.5. The van der Waals surface area contributed by atoms with Crippen LogP contribution in [0.1, 0.15) is 21.5 Å². The lowest BCUT2D eigenvalue weighted by molar-refractivity contribution is 0.0754. The second-order valence-electron chi connectivity index (χ2n) is 4.69. The Balaban J connectivity index is 1.84. The zero-order valence-corrected chi connectivity index (χ0v) is 12.4. The zero-order chi connectivity index (χ0) is 13.2. The first-order chi connectivity index (χ1) is 9.24. The molecule has 1 aromatic heterocycles. The Morgan fingerprint density at radius 2 is 2.21 bits per heavy atom. The lowest BCUT2D eigenvalue weighted by Crippen LogP contribution is -2.31. The average molecular weight is 289 g/mol. The van der Waals surface area contributed by atoms with E-state index in [1.807, 2.05) is 16.3 Å². The SMILES string of the molecule is Cc1cccc(CN2CCSc3sccc3C2=O)c1. The average Bonchev–Trinajstić information content (AvgIpc) is 2.80. The number of hydrogen-bond acceptors (Lipinski definition) is 3. The molecule has 98 valence electrons. The number of thioether (sulfide) groups is 1. The van der Waals surface area contributed by atoms with Crippen molar-refractivity contribution in [3.63, 3.8) is 0 Å². The third-order valence-electron chi connectivity index (χ3n) is 3.20. The number of amides is 1. The van der Waals surface area contributed by atoms with Crippen LogP contribution in [0.3, 0.4) is 0 Å². The Labute approximate surface area is 121 Å². The Morgan fingerprint density at radius 1 is 1.32 bits per heavy atom. The lowest BCUT2D eigenvalue weighted by Gasteiger charge is -2.20. The van der Waals surface area contributed by atoms with Crippen molar-refractivity contribution in [3.05, 3.63) is 52.4 Å². The zero-order valence-electron chi connectivity index (χ0n) is 10.8. The summed E-state index contributed by atoms with van der Waals surface area (Å²) in [7, 11) is 0. The number of carbonyl (C=O) groups is 1. The van der Waals surface area contributed by atoms with E-state index < -0.39 is 0 Å². The topological polar surface area (TPSA) is 20.3 Å². The predicted octanol–water partition coefficient (Wildman–Crippen LogP) is 3.80. The summed E-state index contributed by atoms with van der Waals surface area (Å²) in [6.45, 7) is 3.61. The second-order valence-corrected chi connectivity index (χ2v) is 6.97. The van der Waals surface area contributed by atoms with E-state index in [9.17, 15) is 4.79 Å². The first-order valence-corrected chi connectivity index (χ1v) is 8.15. The van der Waals surface area contributed by atoms with Crippen LogP contribution < -0.4 is 0 Å². The fraction of sp³-hybridized carbons (Fsp3) is 0.267. The predicted molar refractivity (Wildman–Crippen MR) is 81.0 cm³/mol. The highest BCUT2D eigenvalue weighted by atomic mass is 32.2. The molecule has 0 atom stereocenters. The number of hydrogen-bond donors (Lipinski definition) is 0. The van der Waals surface area contributed by atoms with Gasteiger partial charge in [-0.1, -0.05) is 29.8 Å². The van der Waals surface area contributed by atoms with E-state index >= 15 is 0 Å². The highest BCUT2D eigenvalue weighted by Crippen LogP contribution is 2.32. The Kier molecular flexibility index (Phi) is 3.62. The normalized spacial score (nSPS) is 15.2. The molecule has 1 aromatic carbocycles. The molecule has 2 heterocycles. The molecule has 3 rings (SSSR count). The van der Waals surface area contributed by atoms with Crippen LogP contribution in [-0.4, -0.2) is 23.1 Å². The van der Waals surface area contributed by atoms with Gasteiger partial charge in [0, 0.05) is 18.8 Å². The molecule has 0 unspecified atom stereocenters. The molecule has 19 heavy (non-hydrogen) atoms. The van der Waals surface area contributed by atoms with Crippen molar-refractivity contribution in [3.8, 4) is 0 Å². The van der Waals surface area contributed by atoms with Gasteiger partial charge in [0.1, 0.15) is 0 Å². The summed E-state index contributed by atoms with van der Waals surface area (Å²) >= 11 is 3.46. The van der Waals surface area contributed by atoms with Gasteiger partial charge in [-0.25, -0.2) is 0 Å². The van der Waals surface area contributed by atoms with Crippen LogP contribution in [0.4, 0.5) is 0 Å². The fourth-order valence-electron chi connectivity index (χ4n) is 2.27.